The minimum atomic E-state index is -0.270. The van der Waals surface area contributed by atoms with Crippen molar-refractivity contribution >= 4 is 34.0 Å². The lowest BCUT2D eigenvalue weighted by Crippen LogP contribution is -2.44. The number of anilines is 1. The van der Waals surface area contributed by atoms with Crippen molar-refractivity contribution in [3.63, 3.8) is 0 Å². The number of aromatic amines is 1. The number of ether oxygens (including phenoxy) is 1. The van der Waals surface area contributed by atoms with Crippen LogP contribution < -0.4 is 5.32 Å². The summed E-state index contributed by atoms with van der Waals surface area (Å²) in [7, 11) is 7.79. The number of rotatable bonds is 5. The standard InChI is InChI=1S/C25H31N7O2/c1-26-24-21-22(31(3)15-27-21)19-13-20(28-23(19)29-24)17-7-5-6-16(12-17)14-34-25(33)32(4)18-8-10-30(2)11-9-18/h5-7,12-13,15,18H,8-11,14H2,1-4H3,(H2,26,28,29). The number of aryl methyl sites for hydroxylation is 1. The summed E-state index contributed by atoms with van der Waals surface area (Å²) in [6.45, 7) is 2.24. The average Bonchev–Trinajstić information content (AvgIpc) is 3.45. The number of nitrogens with zero attached hydrogens (tertiary/aromatic N) is 5. The number of pyridine rings is 1. The van der Waals surface area contributed by atoms with Crippen molar-refractivity contribution in [1.29, 1.82) is 0 Å². The van der Waals surface area contributed by atoms with Gasteiger partial charge in [0, 0.05) is 38.3 Å². The van der Waals surface area contributed by atoms with E-state index in [1.54, 1.807) is 11.2 Å². The van der Waals surface area contributed by atoms with Gasteiger partial charge < -0.3 is 29.4 Å². The lowest BCUT2D eigenvalue weighted by Gasteiger charge is -2.34. The highest BCUT2D eigenvalue weighted by Crippen LogP contribution is 2.32. The Balaban J connectivity index is 1.34. The zero-order chi connectivity index (χ0) is 23.8. The predicted octanol–water partition coefficient (Wildman–Crippen LogP) is 3.82. The third-order valence-corrected chi connectivity index (χ3v) is 6.80. The van der Waals surface area contributed by atoms with Crippen LogP contribution in [0.2, 0.25) is 0 Å². The molecule has 1 aromatic carbocycles. The Morgan fingerprint density at radius 2 is 2.06 bits per heavy atom. The number of piperidine rings is 1. The van der Waals surface area contributed by atoms with Crippen LogP contribution in [0.4, 0.5) is 10.6 Å². The fourth-order valence-corrected chi connectivity index (χ4v) is 4.73. The lowest BCUT2D eigenvalue weighted by molar-refractivity contribution is 0.0759. The molecular weight excluding hydrogens is 430 g/mol. The number of carbonyl (C=O) groups is 1. The fraction of sp³-hybridized carbons (Fsp3) is 0.400. The van der Waals surface area contributed by atoms with Crippen molar-refractivity contribution < 1.29 is 9.53 Å². The Kier molecular flexibility index (Phi) is 5.87. The SMILES string of the molecule is CNc1nc2[nH]c(-c3cccc(COC(=O)N(C)C4CCN(C)CC4)c3)cc2c2c1ncn2C. The molecule has 0 bridgehead atoms. The second-order valence-corrected chi connectivity index (χ2v) is 9.11. The van der Waals surface area contributed by atoms with Crippen molar-refractivity contribution in [3.8, 4) is 11.3 Å². The van der Waals surface area contributed by atoms with Gasteiger partial charge in [0.2, 0.25) is 0 Å². The van der Waals surface area contributed by atoms with Gasteiger partial charge in [-0.1, -0.05) is 18.2 Å². The number of imidazole rings is 1. The summed E-state index contributed by atoms with van der Waals surface area (Å²) < 4.78 is 7.65. The Morgan fingerprint density at radius 3 is 2.82 bits per heavy atom. The number of amides is 1. The molecule has 9 nitrogen and oxygen atoms in total. The van der Waals surface area contributed by atoms with Gasteiger partial charge in [0.05, 0.1) is 11.8 Å². The van der Waals surface area contributed by atoms with E-state index in [4.69, 9.17) is 9.72 Å². The molecule has 9 heteroatoms. The molecule has 178 valence electrons. The van der Waals surface area contributed by atoms with Gasteiger partial charge in [0.25, 0.3) is 0 Å². The number of hydrogen-bond donors (Lipinski definition) is 2. The molecular formula is C25H31N7O2. The minimum Gasteiger partial charge on any atom is -0.445 e. The first kappa shape index (κ1) is 22.2. The van der Waals surface area contributed by atoms with E-state index in [9.17, 15) is 4.79 Å². The quantitative estimate of drug-likeness (QED) is 0.470. The van der Waals surface area contributed by atoms with Gasteiger partial charge in [-0.25, -0.2) is 14.8 Å². The molecule has 1 amide bonds. The van der Waals surface area contributed by atoms with Gasteiger partial charge in [-0.3, -0.25) is 0 Å². The number of likely N-dealkylation sites (tertiary alicyclic amines) is 1. The van der Waals surface area contributed by atoms with Crippen LogP contribution in [0.3, 0.4) is 0 Å². The van der Waals surface area contributed by atoms with Crippen molar-refractivity contribution in [3.05, 3.63) is 42.2 Å². The molecule has 5 rings (SSSR count). The van der Waals surface area contributed by atoms with Crippen molar-refractivity contribution in [1.82, 2.24) is 29.3 Å². The van der Waals surface area contributed by atoms with Crippen LogP contribution in [0.25, 0.3) is 33.3 Å². The van der Waals surface area contributed by atoms with Gasteiger partial charge in [0.1, 0.15) is 17.8 Å². The highest BCUT2D eigenvalue weighted by Gasteiger charge is 2.25. The maximum atomic E-state index is 12.6. The molecule has 4 aromatic rings. The summed E-state index contributed by atoms with van der Waals surface area (Å²) in [5.41, 5.74) is 5.57. The summed E-state index contributed by atoms with van der Waals surface area (Å²) in [5, 5.41) is 4.15. The van der Waals surface area contributed by atoms with Crippen molar-refractivity contribution in [2.24, 2.45) is 7.05 Å². The molecule has 0 atom stereocenters. The number of hydrogen-bond acceptors (Lipinski definition) is 6. The molecule has 2 N–H and O–H groups in total. The highest BCUT2D eigenvalue weighted by atomic mass is 16.6. The number of carbonyl (C=O) groups excluding carboxylic acids is 1. The third-order valence-electron chi connectivity index (χ3n) is 6.80. The van der Waals surface area contributed by atoms with Crippen LogP contribution in [0.15, 0.2) is 36.7 Å². The Morgan fingerprint density at radius 1 is 1.26 bits per heavy atom. The Labute approximate surface area is 198 Å². The predicted molar refractivity (Wildman–Crippen MR) is 134 cm³/mol. The topological polar surface area (TPSA) is 91.3 Å². The van der Waals surface area contributed by atoms with Gasteiger partial charge in [-0.2, -0.15) is 0 Å². The Hall–Kier alpha value is -3.59. The lowest BCUT2D eigenvalue weighted by atomic mass is 10.0. The second-order valence-electron chi connectivity index (χ2n) is 9.11. The first-order valence-corrected chi connectivity index (χ1v) is 11.6. The zero-order valence-electron chi connectivity index (χ0n) is 20.1. The maximum absolute atomic E-state index is 12.6. The van der Waals surface area contributed by atoms with Crippen LogP contribution in [-0.4, -0.2) is 75.7 Å². The molecule has 0 aliphatic carbocycles. The molecule has 1 aliphatic rings. The van der Waals surface area contributed by atoms with E-state index in [1.807, 2.05) is 50.0 Å². The molecule has 1 saturated heterocycles. The summed E-state index contributed by atoms with van der Waals surface area (Å²) >= 11 is 0. The minimum absolute atomic E-state index is 0.234. The number of nitrogens with one attached hydrogen (secondary N) is 2. The highest BCUT2D eigenvalue weighted by molar-refractivity contribution is 6.07. The normalized spacial score (nSPS) is 15.2. The van der Waals surface area contributed by atoms with Gasteiger partial charge in [-0.05, 0) is 56.2 Å². The summed E-state index contributed by atoms with van der Waals surface area (Å²) in [6.07, 6.45) is 3.49. The molecule has 3 aromatic heterocycles. The third kappa shape index (κ3) is 4.07. The number of H-pyrrole nitrogens is 1. The largest absolute Gasteiger partial charge is 0.445 e. The summed E-state index contributed by atoms with van der Waals surface area (Å²) in [6, 6.07) is 10.4. The monoisotopic (exact) mass is 461 g/mol. The molecule has 0 spiro atoms. The summed E-state index contributed by atoms with van der Waals surface area (Å²) in [4.78, 5) is 29.3. The van der Waals surface area contributed by atoms with Crippen molar-refractivity contribution in [2.75, 3.05) is 39.5 Å². The molecule has 34 heavy (non-hydrogen) atoms. The van der Waals surface area contributed by atoms with Gasteiger partial charge in [0.15, 0.2) is 5.82 Å². The fourth-order valence-electron chi connectivity index (χ4n) is 4.73. The van der Waals surface area contributed by atoms with Gasteiger partial charge >= 0.3 is 6.09 Å². The first-order valence-electron chi connectivity index (χ1n) is 11.6. The summed E-state index contributed by atoms with van der Waals surface area (Å²) in [5.74, 6) is 0.742. The van der Waals surface area contributed by atoms with Crippen LogP contribution in [0.1, 0.15) is 18.4 Å². The van der Waals surface area contributed by atoms with Crippen LogP contribution in [-0.2, 0) is 18.4 Å². The van der Waals surface area contributed by atoms with E-state index in [2.05, 4.69) is 33.3 Å². The van der Waals surface area contributed by atoms with Crippen molar-refractivity contribution in [2.45, 2.75) is 25.5 Å². The van der Waals surface area contributed by atoms with E-state index in [0.29, 0.717) is 0 Å². The van der Waals surface area contributed by atoms with E-state index >= 15 is 0 Å². The first-order chi connectivity index (χ1) is 16.4. The molecule has 4 heterocycles. The zero-order valence-corrected chi connectivity index (χ0v) is 20.1. The van der Waals surface area contributed by atoms with E-state index in [0.717, 1.165) is 70.6 Å². The average molecular weight is 462 g/mol. The van der Waals surface area contributed by atoms with E-state index in [1.165, 1.54) is 0 Å². The van der Waals surface area contributed by atoms with E-state index in [-0.39, 0.29) is 18.7 Å². The van der Waals surface area contributed by atoms with E-state index < -0.39 is 0 Å². The maximum Gasteiger partial charge on any atom is 0.410 e. The van der Waals surface area contributed by atoms with Crippen LogP contribution in [0, 0.1) is 0 Å². The number of fused-ring (bicyclic) bond motifs is 3. The molecule has 0 radical (unpaired) electrons. The Bertz CT molecular complexity index is 1330. The molecule has 0 saturated carbocycles. The van der Waals surface area contributed by atoms with Crippen LogP contribution in [0.5, 0.6) is 0 Å². The molecule has 0 unspecified atom stereocenters. The smallest absolute Gasteiger partial charge is 0.410 e. The molecule has 1 aliphatic heterocycles. The number of aromatic nitrogens is 4. The van der Waals surface area contributed by atoms with Crippen LogP contribution >= 0.6 is 0 Å². The molecule has 1 fully saturated rings. The second kappa shape index (κ2) is 8.98. The van der Waals surface area contributed by atoms with Gasteiger partial charge in [-0.15, -0.1) is 0 Å². The number of benzene rings is 1.